The van der Waals surface area contributed by atoms with Crippen molar-refractivity contribution in [3.63, 3.8) is 0 Å². The summed E-state index contributed by atoms with van der Waals surface area (Å²) in [6.07, 6.45) is 3.65. The number of nitrogens with zero attached hydrogens (tertiary/aromatic N) is 2. The molecular formula is C14H23N3O3. The number of amides is 2. The van der Waals surface area contributed by atoms with Gasteiger partial charge in [0.1, 0.15) is 0 Å². The maximum absolute atomic E-state index is 12.1. The third-order valence-corrected chi connectivity index (χ3v) is 4.90. The number of likely N-dealkylation sites (tertiary alicyclic amines) is 2. The van der Waals surface area contributed by atoms with Gasteiger partial charge in [0.05, 0.1) is 5.92 Å². The van der Waals surface area contributed by atoms with Crippen LogP contribution in [-0.2, 0) is 4.79 Å². The topological polar surface area (TPSA) is 72.9 Å². The van der Waals surface area contributed by atoms with Crippen LogP contribution in [0.25, 0.3) is 0 Å². The minimum absolute atomic E-state index is 0.0264. The first-order valence-electron chi connectivity index (χ1n) is 7.57. The Kier molecular flexibility index (Phi) is 3.58. The third kappa shape index (κ3) is 2.75. The summed E-state index contributed by atoms with van der Waals surface area (Å²) < 4.78 is 0. The molecule has 0 radical (unpaired) electrons. The Morgan fingerprint density at radius 2 is 1.90 bits per heavy atom. The van der Waals surface area contributed by atoms with E-state index in [-0.39, 0.29) is 23.9 Å². The van der Waals surface area contributed by atoms with Crippen LogP contribution in [0.4, 0.5) is 4.79 Å². The maximum Gasteiger partial charge on any atom is 0.317 e. The number of nitrogens with one attached hydrogen (secondary N) is 1. The number of hydrogen-bond acceptors (Lipinski definition) is 3. The summed E-state index contributed by atoms with van der Waals surface area (Å²) in [6.45, 7) is 4.91. The zero-order valence-corrected chi connectivity index (χ0v) is 11.9. The fourth-order valence-electron chi connectivity index (χ4n) is 3.14. The van der Waals surface area contributed by atoms with E-state index in [1.165, 1.54) is 12.8 Å². The second kappa shape index (κ2) is 5.24. The first-order chi connectivity index (χ1) is 9.54. The van der Waals surface area contributed by atoms with Gasteiger partial charge in [-0.1, -0.05) is 6.92 Å². The Bertz CT molecular complexity index is 404. The summed E-state index contributed by atoms with van der Waals surface area (Å²) in [7, 11) is 0. The van der Waals surface area contributed by atoms with E-state index in [0.29, 0.717) is 13.1 Å². The molecule has 0 aromatic rings. The molecule has 6 nitrogen and oxygen atoms in total. The summed E-state index contributed by atoms with van der Waals surface area (Å²) in [5, 5.41) is 12.0. The summed E-state index contributed by atoms with van der Waals surface area (Å²) in [5.41, 5.74) is 0. The molecule has 0 bridgehead atoms. The highest BCUT2D eigenvalue weighted by Gasteiger charge is 2.39. The van der Waals surface area contributed by atoms with Gasteiger partial charge in [-0.25, -0.2) is 4.79 Å². The van der Waals surface area contributed by atoms with Crippen molar-refractivity contribution in [2.24, 2.45) is 11.8 Å². The lowest BCUT2D eigenvalue weighted by Crippen LogP contribution is -2.58. The van der Waals surface area contributed by atoms with Crippen molar-refractivity contribution < 1.29 is 14.7 Å². The largest absolute Gasteiger partial charge is 0.481 e. The number of aliphatic carboxylic acids is 1. The fraction of sp³-hybridized carbons (Fsp3) is 0.857. The van der Waals surface area contributed by atoms with Crippen molar-refractivity contribution >= 4 is 12.0 Å². The van der Waals surface area contributed by atoms with Crippen LogP contribution in [0.1, 0.15) is 26.2 Å². The molecule has 2 amide bonds. The van der Waals surface area contributed by atoms with E-state index in [9.17, 15) is 9.59 Å². The minimum atomic E-state index is -0.772. The normalized spacial score (nSPS) is 29.1. The van der Waals surface area contributed by atoms with Crippen LogP contribution in [0.3, 0.4) is 0 Å². The molecule has 2 unspecified atom stereocenters. The van der Waals surface area contributed by atoms with Crippen LogP contribution in [0.15, 0.2) is 0 Å². The van der Waals surface area contributed by atoms with Crippen molar-refractivity contribution in [3.05, 3.63) is 0 Å². The van der Waals surface area contributed by atoms with Gasteiger partial charge < -0.3 is 15.3 Å². The fourth-order valence-corrected chi connectivity index (χ4v) is 3.14. The first kappa shape index (κ1) is 13.7. The number of carboxylic acid groups (broad SMARTS) is 1. The molecule has 20 heavy (non-hydrogen) atoms. The van der Waals surface area contributed by atoms with Gasteiger partial charge in [-0.05, 0) is 19.3 Å². The van der Waals surface area contributed by atoms with Gasteiger partial charge in [0.15, 0.2) is 0 Å². The molecule has 0 spiro atoms. The van der Waals surface area contributed by atoms with E-state index in [4.69, 9.17) is 5.11 Å². The molecule has 1 aliphatic carbocycles. The summed E-state index contributed by atoms with van der Waals surface area (Å²) in [4.78, 5) is 27.1. The molecule has 0 aromatic heterocycles. The third-order valence-electron chi connectivity index (χ3n) is 4.90. The van der Waals surface area contributed by atoms with E-state index in [2.05, 4.69) is 10.2 Å². The van der Waals surface area contributed by atoms with Gasteiger partial charge in [-0.2, -0.15) is 0 Å². The van der Waals surface area contributed by atoms with Crippen molar-refractivity contribution in [1.82, 2.24) is 15.1 Å². The summed E-state index contributed by atoms with van der Waals surface area (Å²) in [5.74, 6) is -1.04. The lowest BCUT2D eigenvalue weighted by Gasteiger charge is -2.41. The van der Waals surface area contributed by atoms with Gasteiger partial charge in [0.2, 0.25) is 0 Å². The Labute approximate surface area is 119 Å². The molecular weight excluding hydrogens is 258 g/mol. The average Bonchev–Trinajstić information content (AvgIpc) is 3.08. The molecule has 112 valence electrons. The monoisotopic (exact) mass is 281 g/mol. The second-order valence-corrected chi connectivity index (χ2v) is 6.45. The maximum atomic E-state index is 12.1. The van der Waals surface area contributed by atoms with E-state index >= 15 is 0 Å². The van der Waals surface area contributed by atoms with E-state index < -0.39 is 5.97 Å². The molecule has 3 rings (SSSR count). The number of carbonyl (C=O) groups is 2. The molecule has 2 aliphatic heterocycles. The Morgan fingerprint density at radius 3 is 2.50 bits per heavy atom. The lowest BCUT2D eigenvalue weighted by atomic mass is 9.87. The number of rotatable bonds is 4. The quantitative estimate of drug-likeness (QED) is 0.791. The van der Waals surface area contributed by atoms with E-state index in [1.54, 1.807) is 11.8 Å². The zero-order valence-electron chi connectivity index (χ0n) is 11.9. The molecule has 3 fully saturated rings. The predicted molar refractivity (Wildman–Crippen MR) is 73.4 cm³/mol. The highest BCUT2D eigenvalue weighted by atomic mass is 16.4. The number of urea groups is 1. The molecule has 2 saturated heterocycles. The van der Waals surface area contributed by atoms with Crippen molar-refractivity contribution in [2.75, 3.05) is 26.2 Å². The van der Waals surface area contributed by atoms with Gasteiger partial charge >= 0.3 is 12.0 Å². The highest BCUT2D eigenvalue weighted by molar-refractivity contribution is 5.76. The van der Waals surface area contributed by atoms with Crippen LogP contribution in [0, 0.1) is 11.8 Å². The van der Waals surface area contributed by atoms with Crippen molar-refractivity contribution in [1.29, 1.82) is 0 Å². The molecule has 2 N–H and O–H groups in total. The molecule has 2 atom stereocenters. The molecule has 2 heterocycles. The Hall–Kier alpha value is -1.30. The van der Waals surface area contributed by atoms with Crippen LogP contribution in [0.5, 0.6) is 0 Å². The molecule has 3 aliphatic rings. The van der Waals surface area contributed by atoms with E-state index in [1.807, 2.05) is 0 Å². The SMILES string of the molecule is CC(C(=O)O)C1CN(C(=O)NC2CCN(C3CC3)C2)C1. The summed E-state index contributed by atoms with van der Waals surface area (Å²) >= 11 is 0. The zero-order chi connectivity index (χ0) is 14.3. The van der Waals surface area contributed by atoms with E-state index in [0.717, 1.165) is 25.6 Å². The van der Waals surface area contributed by atoms with Gasteiger partial charge in [-0.15, -0.1) is 0 Å². The van der Waals surface area contributed by atoms with Crippen molar-refractivity contribution in [2.45, 2.75) is 38.3 Å². The highest BCUT2D eigenvalue weighted by Crippen LogP contribution is 2.30. The van der Waals surface area contributed by atoms with Crippen LogP contribution in [-0.4, -0.2) is 65.2 Å². The molecule has 6 heteroatoms. The number of carbonyl (C=O) groups excluding carboxylic acids is 1. The van der Waals surface area contributed by atoms with Crippen LogP contribution in [0.2, 0.25) is 0 Å². The molecule has 0 aromatic carbocycles. The van der Waals surface area contributed by atoms with Gasteiger partial charge in [0.25, 0.3) is 0 Å². The Morgan fingerprint density at radius 1 is 1.20 bits per heavy atom. The van der Waals surface area contributed by atoms with Gasteiger partial charge in [-0.3, -0.25) is 9.69 Å². The average molecular weight is 281 g/mol. The number of hydrogen-bond donors (Lipinski definition) is 2. The lowest BCUT2D eigenvalue weighted by molar-refractivity contribution is -0.144. The molecule has 1 saturated carbocycles. The predicted octanol–water partition coefficient (Wildman–Crippen LogP) is 0.585. The standard InChI is InChI=1S/C14H23N3O3/c1-9(13(18)19)10-6-17(7-10)14(20)15-11-4-5-16(8-11)12-2-3-12/h9-12H,2-8H2,1H3,(H,15,20)(H,18,19). The first-order valence-corrected chi connectivity index (χ1v) is 7.57. The van der Waals surface area contributed by atoms with Crippen LogP contribution >= 0.6 is 0 Å². The Balaban J connectivity index is 1.39. The number of carboxylic acids is 1. The van der Waals surface area contributed by atoms with Crippen molar-refractivity contribution in [3.8, 4) is 0 Å². The van der Waals surface area contributed by atoms with Gasteiger partial charge in [0, 0.05) is 44.2 Å². The smallest absolute Gasteiger partial charge is 0.317 e. The summed E-state index contributed by atoms with van der Waals surface area (Å²) in [6, 6.07) is 1.00. The minimum Gasteiger partial charge on any atom is -0.481 e. The van der Waals surface area contributed by atoms with Crippen LogP contribution < -0.4 is 5.32 Å². The second-order valence-electron chi connectivity index (χ2n) is 6.45.